The summed E-state index contributed by atoms with van der Waals surface area (Å²) in [7, 11) is 1.26. The summed E-state index contributed by atoms with van der Waals surface area (Å²) in [6, 6.07) is 5.57. The van der Waals surface area contributed by atoms with Gasteiger partial charge in [-0.25, -0.2) is 33.7 Å². The number of imide groups is 1. The number of fused-ring (bicyclic) bond motifs is 1. The topological polar surface area (TPSA) is 142 Å². The largest absolute Gasteiger partial charge is 0.492 e. The molecule has 13 heteroatoms. The number of esters is 1. The number of halogens is 1. The number of carbonyl (C=O) groups is 3. The zero-order valence-corrected chi connectivity index (χ0v) is 25.1. The van der Waals surface area contributed by atoms with Crippen LogP contribution in [0.5, 0.6) is 5.75 Å². The molecule has 3 heterocycles. The first-order valence-electron chi connectivity index (χ1n) is 13.5. The lowest BCUT2D eigenvalue weighted by atomic mass is 10.1. The van der Waals surface area contributed by atoms with E-state index >= 15 is 0 Å². The summed E-state index contributed by atoms with van der Waals surface area (Å²) in [5.74, 6) is -0.350. The van der Waals surface area contributed by atoms with Crippen LogP contribution in [0, 0.1) is 5.82 Å². The first kappa shape index (κ1) is 31.1. The number of nitrogens with zero attached hydrogens (tertiary/aromatic N) is 4. The minimum atomic E-state index is -0.999. The van der Waals surface area contributed by atoms with Gasteiger partial charge in [0.2, 0.25) is 5.95 Å². The molecule has 0 aliphatic carbocycles. The molecule has 12 nitrogen and oxygen atoms in total. The lowest BCUT2D eigenvalue weighted by Gasteiger charge is -2.27. The Balaban J connectivity index is 1.65. The van der Waals surface area contributed by atoms with E-state index in [1.807, 2.05) is 0 Å². The highest BCUT2D eigenvalue weighted by Gasteiger charge is 2.35. The van der Waals surface area contributed by atoms with Gasteiger partial charge in [0.1, 0.15) is 28.6 Å². The SMILES string of the molecule is COC(=O)c1ccc(F)c(CNc2ncc(-c3ccnc(N(C(=O)OC(C)(C)C)C(=O)OC(C)(C)C)n3)c3c2CCO3)c1. The number of hydrogen-bond donors (Lipinski definition) is 1. The monoisotopic (exact) mass is 595 g/mol. The zero-order valence-electron chi connectivity index (χ0n) is 25.1. The number of nitrogens with one attached hydrogen (secondary N) is 1. The fourth-order valence-corrected chi connectivity index (χ4v) is 4.12. The summed E-state index contributed by atoms with van der Waals surface area (Å²) in [6.45, 7) is 10.4. The number of carbonyl (C=O) groups excluding carboxylic acids is 3. The van der Waals surface area contributed by atoms with Gasteiger partial charge in [0.05, 0.1) is 30.5 Å². The average molecular weight is 596 g/mol. The number of rotatable bonds is 6. The van der Waals surface area contributed by atoms with Crippen molar-refractivity contribution in [3.63, 3.8) is 0 Å². The molecule has 0 saturated carbocycles. The third kappa shape index (κ3) is 7.53. The molecule has 1 N–H and O–H groups in total. The fourth-order valence-electron chi connectivity index (χ4n) is 4.12. The molecule has 1 aliphatic heterocycles. The highest BCUT2D eigenvalue weighted by molar-refractivity contribution is 6.08. The summed E-state index contributed by atoms with van der Waals surface area (Å²) < 4.78 is 36.0. The Morgan fingerprint density at radius 2 is 1.70 bits per heavy atom. The summed E-state index contributed by atoms with van der Waals surface area (Å²) in [4.78, 5) is 51.8. The number of methoxy groups -OCH3 is 1. The standard InChI is InChI=1S/C30H34FN5O7/c1-29(2,3)42-27(38)36(28(39)43-30(4,5)6)26-32-12-10-22(35-26)20-16-34-24(19-11-13-41-23(19)20)33-15-18-14-17(25(37)40-7)8-9-21(18)31/h8-10,12,14,16H,11,13,15H2,1-7H3,(H,33,34). The summed E-state index contributed by atoms with van der Waals surface area (Å²) in [5.41, 5.74) is 0.235. The predicted octanol–water partition coefficient (Wildman–Crippen LogP) is 5.69. The summed E-state index contributed by atoms with van der Waals surface area (Å²) in [6.07, 6.45) is 1.43. The van der Waals surface area contributed by atoms with Crippen LogP contribution < -0.4 is 15.0 Å². The predicted molar refractivity (Wildman–Crippen MR) is 154 cm³/mol. The normalized spacial score (nSPS) is 12.6. The van der Waals surface area contributed by atoms with E-state index in [1.165, 1.54) is 37.7 Å². The highest BCUT2D eigenvalue weighted by Crippen LogP contribution is 2.39. The summed E-state index contributed by atoms with van der Waals surface area (Å²) >= 11 is 0. The second kappa shape index (κ2) is 12.2. The van der Waals surface area contributed by atoms with Gasteiger partial charge in [0.15, 0.2) is 0 Å². The van der Waals surface area contributed by atoms with Crippen molar-refractivity contribution in [2.45, 2.75) is 65.7 Å². The van der Waals surface area contributed by atoms with Gasteiger partial charge in [-0.05, 0) is 65.8 Å². The Kier molecular flexibility index (Phi) is 8.83. The lowest BCUT2D eigenvalue weighted by molar-refractivity contribution is 0.0426. The molecule has 228 valence electrons. The van der Waals surface area contributed by atoms with E-state index in [-0.39, 0.29) is 23.6 Å². The van der Waals surface area contributed by atoms with Crippen molar-refractivity contribution in [2.24, 2.45) is 0 Å². The second-order valence-corrected chi connectivity index (χ2v) is 11.6. The van der Waals surface area contributed by atoms with E-state index in [0.717, 1.165) is 5.56 Å². The Bertz CT molecular complexity index is 1520. The molecule has 0 radical (unpaired) electrons. The number of anilines is 2. The summed E-state index contributed by atoms with van der Waals surface area (Å²) in [5, 5.41) is 3.12. The molecule has 0 fully saturated rings. The molecule has 0 bridgehead atoms. The van der Waals surface area contributed by atoms with Crippen LogP contribution in [0.25, 0.3) is 11.3 Å². The zero-order chi connectivity index (χ0) is 31.5. The lowest BCUT2D eigenvalue weighted by Crippen LogP contribution is -2.44. The maximum Gasteiger partial charge on any atom is 0.427 e. The second-order valence-electron chi connectivity index (χ2n) is 11.6. The molecule has 4 rings (SSSR count). The van der Waals surface area contributed by atoms with Crippen LogP contribution in [0.2, 0.25) is 0 Å². The molecule has 0 saturated heterocycles. The van der Waals surface area contributed by atoms with E-state index in [2.05, 4.69) is 20.3 Å². The van der Waals surface area contributed by atoms with Gasteiger partial charge in [-0.3, -0.25) is 0 Å². The number of benzene rings is 1. The van der Waals surface area contributed by atoms with Crippen molar-refractivity contribution in [3.8, 4) is 17.0 Å². The first-order chi connectivity index (χ1) is 20.2. The van der Waals surface area contributed by atoms with Crippen LogP contribution in [0.3, 0.4) is 0 Å². The molecule has 3 aromatic rings. The minimum absolute atomic E-state index is 0.0495. The van der Waals surface area contributed by atoms with Crippen molar-refractivity contribution in [2.75, 3.05) is 23.9 Å². The van der Waals surface area contributed by atoms with Gasteiger partial charge in [-0.2, -0.15) is 0 Å². The smallest absolute Gasteiger partial charge is 0.427 e. The Labute approximate surface area is 248 Å². The van der Waals surface area contributed by atoms with E-state index in [4.69, 9.17) is 18.9 Å². The average Bonchev–Trinajstić information content (AvgIpc) is 3.40. The van der Waals surface area contributed by atoms with Crippen LogP contribution in [-0.4, -0.2) is 58.0 Å². The number of ether oxygens (including phenoxy) is 4. The number of aromatic nitrogens is 3. The molecule has 1 aromatic carbocycles. The van der Waals surface area contributed by atoms with E-state index in [0.29, 0.717) is 40.8 Å². The van der Waals surface area contributed by atoms with Crippen LogP contribution in [0.4, 0.5) is 25.7 Å². The number of hydrogen-bond acceptors (Lipinski definition) is 11. The minimum Gasteiger partial charge on any atom is -0.492 e. The van der Waals surface area contributed by atoms with E-state index < -0.39 is 35.2 Å². The number of amides is 2. The third-order valence-corrected chi connectivity index (χ3v) is 5.91. The Hall–Kier alpha value is -4.81. The van der Waals surface area contributed by atoms with Crippen molar-refractivity contribution < 1.29 is 37.7 Å². The van der Waals surface area contributed by atoms with Crippen molar-refractivity contribution in [3.05, 3.63) is 59.2 Å². The van der Waals surface area contributed by atoms with Crippen LogP contribution >= 0.6 is 0 Å². The van der Waals surface area contributed by atoms with Gasteiger partial charge < -0.3 is 24.3 Å². The Morgan fingerprint density at radius 1 is 1.02 bits per heavy atom. The van der Waals surface area contributed by atoms with Gasteiger partial charge in [0.25, 0.3) is 0 Å². The van der Waals surface area contributed by atoms with Crippen molar-refractivity contribution in [1.29, 1.82) is 0 Å². The molecule has 0 atom stereocenters. The number of pyridine rings is 1. The molecule has 0 spiro atoms. The van der Waals surface area contributed by atoms with Crippen LogP contribution in [0.1, 0.15) is 63.0 Å². The van der Waals surface area contributed by atoms with Crippen molar-refractivity contribution >= 4 is 29.9 Å². The van der Waals surface area contributed by atoms with Crippen LogP contribution in [0.15, 0.2) is 36.7 Å². The van der Waals surface area contributed by atoms with Gasteiger partial charge >= 0.3 is 18.2 Å². The van der Waals surface area contributed by atoms with Crippen LogP contribution in [-0.2, 0) is 27.2 Å². The maximum absolute atomic E-state index is 14.5. The highest BCUT2D eigenvalue weighted by atomic mass is 19.1. The van der Waals surface area contributed by atoms with E-state index in [9.17, 15) is 18.8 Å². The van der Waals surface area contributed by atoms with Gasteiger partial charge in [0, 0.05) is 36.5 Å². The molecule has 1 aliphatic rings. The van der Waals surface area contributed by atoms with Gasteiger partial charge in [-0.1, -0.05) is 0 Å². The Morgan fingerprint density at radius 3 is 2.33 bits per heavy atom. The van der Waals surface area contributed by atoms with Gasteiger partial charge in [-0.15, -0.1) is 4.90 Å². The molecule has 43 heavy (non-hydrogen) atoms. The maximum atomic E-state index is 14.5. The van der Waals surface area contributed by atoms with E-state index in [1.54, 1.807) is 47.6 Å². The van der Waals surface area contributed by atoms with Crippen molar-refractivity contribution in [1.82, 2.24) is 15.0 Å². The quantitative estimate of drug-likeness (QED) is 0.277. The third-order valence-electron chi connectivity index (χ3n) is 5.91. The first-order valence-corrected chi connectivity index (χ1v) is 13.5. The molecule has 2 amide bonds. The molecule has 2 aromatic heterocycles. The fraction of sp³-hybridized carbons (Fsp3) is 0.400. The molecular weight excluding hydrogens is 561 g/mol. The molecule has 0 unspecified atom stereocenters. The molecular formula is C30H34FN5O7.